The average Bonchev–Trinajstić information content (AvgIpc) is 3.19. The van der Waals surface area contributed by atoms with Gasteiger partial charge in [-0.05, 0) is 36.8 Å². The molecule has 1 aromatic rings. The number of aliphatic imine (C=N–C) groups is 1. The van der Waals surface area contributed by atoms with Gasteiger partial charge in [0.05, 0.1) is 11.4 Å². The molecular weight excluding hydrogens is 481 g/mol. The van der Waals surface area contributed by atoms with Gasteiger partial charge in [0, 0.05) is 18.5 Å². The van der Waals surface area contributed by atoms with Crippen LogP contribution in [0.5, 0.6) is 0 Å². The van der Waals surface area contributed by atoms with Gasteiger partial charge < -0.3 is 4.90 Å². The highest BCUT2D eigenvalue weighted by Gasteiger charge is 2.60. The maximum Gasteiger partial charge on any atom is 0.459 e. The van der Waals surface area contributed by atoms with Crippen LogP contribution in [0.3, 0.4) is 0 Å². The van der Waals surface area contributed by atoms with Crippen LogP contribution in [0, 0.1) is 10.8 Å². The van der Waals surface area contributed by atoms with Crippen molar-refractivity contribution in [2.45, 2.75) is 31.5 Å². The molecule has 0 saturated heterocycles. The zero-order valence-corrected chi connectivity index (χ0v) is 18.2. The van der Waals surface area contributed by atoms with E-state index in [0.29, 0.717) is 16.3 Å². The Bertz CT molecular complexity index is 1160. The van der Waals surface area contributed by atoms with Gasteiger partial charge >= 0.3 is 12.1 Å². The molecule has 1 atom stereocenters. The highest BCUT2D eigenvalue weighted by atomic mass is 35.5. The van der Waals surface area contributed by atoms with Gasteiger partial charge in [0.25, 0.3) is 0 Å². The van der Waals surface area contributed by atoms with Crippen molar-refractivity contribution in [2.24, 2.45) is 4.99 Å². The molecule has 0 aliphatic carbocycles. The van der Waals surface area contributed by atoms with Crippen LogP contribution in [0.4, 0.5) is 27.6 Å². The van der Waals surface area contributed by atoms with E-state index < -0.39 is 45.4 Å². The lowest BCUT2D eigenvalue weighted by molar-refractivity contribution is -0.249. The Morgan fingerprint density at radius 1 is 1.31 bits per heavy atom. The SMILES string of the molecule is CCS(=O)(=O)N1c2ccc(Cl)cc2CC1C1=N/C(=C/C(=N)C(F)(F)C(F)(F)F)C(=N)N1C. The van der Waals surface area contributed by atoms with E-state index in [-0.39, 0.29) is 24.1 Å². The molecule has 3 rings (SSSR count). The number of alkyl halides is 5. The van der Waals surface area contributed by atoms with E-state index in [1.54, 1.807) is 6.07 Å². The molecule has 0 aromatic heterocycles. The summed E-state index contributed by atoms with van der Waals surface area (Å²) >= 11 is 6.00. The van der Waals surface area contributed by atoms with E-state index in [4.69, 9.17) is 22.4 Å². The smallest absolute Gasteiger partial charge is 0.315 e. The quantitative estimate of drug-likeness (QED) is 0.477. The van der Waals surface area contributed by atoms with Crippen LogP contribution in [0.1, 0.15) is 12.5 Å². The Kier molecular flexibility index (Phi) is 5.88. The van der Waals surface area contributed by atoms with E-state index in [0.717, 1.165) is 9.21 Å². The fourth-order valence-corrected chi connectivity index (χ4v) is 4.89. The molecule has 1 aromatic carbocycles. The standard InChI is InChI=1S/C18H17ClF5N5O2S/c1-3-32(30,31)29-12-5-4-10(19)6-9(12)7-13(29)16-27-11(15(26)28(16)2)8-14(25)17(20,21)18(22,23)24/h4-6,8,13,25-26H,3,7H2,1-2H3/b11-8+,25-14?,26-15?. The lowest BCUT2D eigenvalue weighted by Crippen LogP contribution is -2.48. The van der Waals surface area contributed by atoms with Gasteiger partial charge in [-0.2, -0.15) is 22.0 Å². The van der Waals surface area contributed by atoms with Gasteiger partial charge in [-0.1, -0.05) is 11.6 Å². The van der Waals surface area contributed by atoms with Gasteiger partial charge in [-0.3, -0.25) is 15.1 Å². The van der Waals surface area contributed by atoms with Crippen molar-refractivity contribution in [1.29, 1.82) is 10.8 Å². The molecule has 0 saturated carbocycles. The minimum atomic E-state index is -5.99. The fourth-order valence-electron chi connectivity index (χ4n) is 3.39. The summed E-state index contributed by atoms with van der Waals surface area (Å²) in [5.74, 6) is -6.31. The van der Waals surface area contributed by atoms with E-state index in [1.807, 2.05) is 0 Å². The first kappa shape index (κ1) is 24.1. The minimum absolute atomic E-state index is 0.0475. The molecule has 32 heavy (non-hydrogen) atoms. The Morgan fingerprint density at radius 3 is 2.50 bits per heavy atom. The topological polar surface area (TPSA) is 101 Å². The highest BCUT2D eigenvalue weighted by molar-refractivity contribution is 7.92. The summed E-state index contributed by atoms with van der Waals surface area (Å²) in [5, 5.41) is 15.6. The van der Waals surface area contributed by atoms with E-state index in [2.05, 4.69) is 4.99 Å². The van der Waals surface area contributed by atoms with Gasteiger partial charge in [0.15, 0.2) is 5.84 Å². The second-order valence-electron chi connectivity index (χ2n) is 7.08. The molecule has 2 aliphatic heterocycles. The summed E-state index contributed by atoms with van der Waals surface area (Å²) in [6.07, 6.45) is -5.73. The van der Waals surface area contributed by atoms with Crippen LogP contribution in [0.25, 0.3) is 0 Å². The van der Waals surface area contributed by atoms with Gasteiger partial charge in [-0.25, -0.2) is 13.4 Å². The number of halogens is 6. The van der Waals surface area contributed by atoms with Crippen LogP contribution >= 0.6 is 11.6 Å². The number of fused-ring (bicyclic) bond motifs is 1. The van der Waals surface area contributed by atoms with Gasteiger partial charge in [-0.15, -0.1) is 0 Å². The van der Waals surface area contributed by atoms with Crippen LogP contribution in [-0.2, 0) is 16.4 Å². The lowest BCUT2D eigenvalue weighted by atomic mass is 10.1. The number of amidine groups is 2. The number of nitrogens with zero attached hydrogens (tertiary/aromatic N) is 3. The van der Waals surface area contributed by atoms with Crippen LogP contribution in [-0.4, -0.2) is 61.6 Å². The van der Waals surface area contributed by atoms with Crippen molar-refractivity contribution < 1.29 is 30.4 Å². The number of sulfonamides is 1. The number of likely N-dealkylation sites (N-methyl/N-ethyl adjacent to an activating group) is 1. The first-order valence-corrected chi connectivity index (χ1v) is 11.1. The molecule has 0 radical (unpaired) electrons. The van der Waals surface area contributed by atoms with Gasteiger partial charge in [0.1, 0.15) is 23.3 Å². The molecule has 174 valence electrons. The lowest BCUT2D eigenvalue weighted by Gasteiger charge is -2.29. The van der Waals surface area contributed by atoms with Crippen molar-refractivity contribution in [3.05, 3.63) is 40.6 Å². The van der Waals surface area contributed by atoms with Gasteiger partial charge in [0.2, 0.25) is 10.0 Å². The van der Waals surface area contributed by atoms with Crippen molar-refractivity contribution in [3.8, 4) is 0 Å². The fraction of sp³-hybridized carbons (Fsp3) is 0.389. The third-order valence-corrected chi connectivity index (χ3v) is 7.09. The second kappa shape index (κ2) is 7.80. The maximum absolute atomic E-state index is 13.5. The second-order valence-corrected chi connectivity index (χ2v) is 9.65. The minimum Gasteiger partial charge on any atom is -0.315 e. The maximum atomic E-state index is 13.5. The van der Waals surface area contributed by atoms with E-state index in [9.17, 15) is 30.4 Å². The molecule has 0 spiro atoms. The van der Waals surface area contributed by atoms with Crippen LogP contribution < -0.4 is 4.31 Å². The summed E-state index contributed by atoms with van der Waals surface area (Å²) < 4.78 is 91.3. The normalized spacial score (nSPS) is 20.8. The number of hydrogen-bond donors (Lipinski definition) is 2. The molecule has 7 nitrogen and oxygen atoms in total. The molecule has 1 unspecified atom stereocenters. The predicted octanol–water partition coefficient (Wildman–Crippen LogP) is 3.84. The number of nitrogens with one attached hydrogen (secondary N) is 2. The van der Waals surface area contributed by atoms with Crippen molar-refractivity contribution in [2.75, 3.05) is 17.1 Å². The summed E-state index contributed by atoms with van der Waals surface area (Å²) in [6.45, 7) is 1.42. The summed E-state index contributed by atoms with van der Waals surface area (Å²) in [6, 6.07) is 3.57. The third-order valence-electron chi connectivity index (χ3n) is 5.07. The molecule has 14 heteroatoms. The summed E-state index contributed by atoms with van der Waals surface area (Å²) in [5.41, 5.74) is -1.80. The third kappa shape index (κ3) is 3.87. The number of benzene rings is 1. The monoisotopic (exact) mass is 497 g/mol. The summed E-state index contributed by atoms with van der Waals surface area (Å²) in [4.78, 5) is 5.05. The zero-order valence-electron chi connectivity index (χ0n) is 16.6. The molecule has 0 bridgehead atoms. The highest BCUT2D eigenvalue weighted by Crippen LogP contribution is 2.39. The summed E-state index contributed by atoms with van der Waals surface area (Å²) in [7, 11) is -2.55. The van der Waals surface area contributed by atoms with Crippen LogP contribution in [0.2, 0.25) is 5.02 Å². The predicted molar refractivity (Wildman–Crippen MR) is 111 cm³/mol. The number of rotatable bonds is 5. The first-order valence-electron chi connectivity index (χ1n) is 9.08. The Hall–Kier alpha value is -2.54. The number of allylic oxidation sites excluding steroid dienone is 1. The first-order chi connectivity index (χ1) is 14.6. The molecule has 2 aliphatic rings. The Balaban J connectivity index is 2.07. The number of anilines is 1. The Morgan fingerprint density at radius 2 is 1.94 bits per heavy atom. The Labute approximate surface area is 185 Å². The molecular formula is C18H17ClF5N5O2S. The van der Waals surface area contributed by atoms with Crippen molar-refractivity contribution in [3.63, 3.8) is 0 Å². The van der Waals surface area contributed by atoms with Crippen LogP contribution in [0.15, 0.2) is 35.0 Å². The largest absolute Gasteiger partial charge is 0.459 e. The molecule has 2 N–H and O–H groups in total. The van der Waals surface area contributed by atoms with E-state index >= 15 is 0 Å². The van der Waals surface area contributed by atoms with Crippen molar-refractivity contribution in [1.82, 2.24) is 4.90 Å². The zero-order chi connectivity index (χ0) is 24.2. The molecule has 2 heterocycles. The molecule has 0 amide bonds. The average molecular weight is 498 g/mol. The number of hydrogen-bond acceptors (Lipinski definition) is 5. The van der Waals surface area contributed by atoms with E-state index in [1.165, 1.54) is 26.1 Å². The van der Waals surface area contributed by atoms with Crippen molar-refractivity contribution >= 4 is 44.7 Å². The molecule has 0 fully saturated rings.